The van der Waals surface area contributed by atoms with E-state index in [0.717, 1.165) is 61.7 Å². The van der Waals surface area contributed by atoms with Gasteiger partial charge < -0.3 is 10.2 Å². The van der Waals surface area contributed by atoms with Gasteiger partial charge in [-0.05, 0) is 92.3 Å². The van der Waals surface area contributed by atoms with Crippen molar-refractivity contribution in [2.45, 2.75) is 123 Å². The van der Waals surface area contributed by atoms with Crippen LogP contribution in [0.15, 0.2) is 0 Å². The Balaban J connectivity index is 1.51. The zero-order valence-electron chi connectivity index (χ0n) is 19.9. The van der Waals surface area contributed by atoms with Crippen molar-refractivity contribution < 1.29 is 10.2 Å². The van der Waals surface area contributed by atoms with E-state index in [9.17, 15) is 10.2 Å². The number of rotatable bonds is 5. The maximum Gasteiger partial charge on any atom is 0.0961 e. The lowest BCUT2D eigenvalue weighted by atomic mass is 9.42. The molecule has 29 heavy (non-hydrogen) atoms. The van der Waals surface area contributed by atoms with Gasteiger partial charge in [0.2, 0.25) is 0 Å². The molecule has 2 N–H and O–H groups in total. The molecule has 4 aliphatic carbocycles. The first-order valence-corrected chi connectivity index (χ1v) is 13.0. The monoisotopic (exact) mass is 404 g/mol. The minimum Gasteiger partial charge on any atom is -0.390 e. The van der Waals surface area contributed by atoms with Crippen molar-refractivity contribution in [3.8, 4) is 0 Å². The maximum absolute atomic E-state index is 11.6. The highest BCUT2D eigenvalue weighted by molar-refractivity contribution is 5.15. The highest BCUT2D eigenvalue weighted by atomic mass is 16.3. The van der Waals surface area contributed by atoms with E-state index in [0.29, 0.717) is 11.3 Å². The zero-order chi connectivity index (χ0) is 21.0. The lowest BCUT2D eigenvalue weighted by molar-refractivity contribution is -0.246. The summed E-state index contributed by atoms with van der Waals surface area (Å²) in [7, 11) is 0. The molecule has 0 heterocycles. The number of hydrogen-bond donors (Lipinski definition) is 2. The van der Waals surface area contributed by atoms with E-state index in [1.54, 1.807) is 0 Å². The van der Waals surface area contributed by atoms with Crippen LogP contribution in [0.2, 0.25) is 0 Å². The van der Waals surface area contributed by atoms with Crippen LogP contribution in [-0.2, 0) is 0 Å². The summed E-state index contributed by atoms with van der Waals surface area (Å²) in [5.74, 6) is 4.82. The molecule has 4 rings (SSSR count). The molecule has 9 atom stereocenters. The van der Waals surface area contributed by atoms with Crippen molar-refractivity contribution in [2.24, 2.45) is 46.3 Å². The normalized spacial score (nSPS) is 50.7. The van der Waals surface area contributed by atoms with Crippen molar-refractivity contribution in [1.29, 1.82) is 0 Å². The second kappa shape index (κ2) is 7.80. The van der Waals surface area contributed by atoms with Crippen LogP contribution in [-0.4, -0.2) is 21.9 Å². The van der Waals surface area contributed by atoms with Gasteiger partial charge in [0.05, 0.1) is 11.7 Å². The van der Waals surface area contributed by atoms with Crippen LogP contribution in [0.25, 0.3) is 0 Å². The van der Waals surface area contributed by atoms with E-state index < -0.39 is 11.7 Å². The van der Waals surface area contributed by atoms with E-state index in [1.807, 2.05) is 0 Å². The molecule has 0 aliphatic heterocycles. The largest absolute Gasteiger partial charge is 0.390 e. The van der Waals surface area contributed by atoms with Gasteiger partial charge in [-0.1, -0.05) is 60.3 Å². The Hall–Kier alpha value is -0.0800. The van der Waals surface area contributed by atoms with Gasteiger partial charge in [-0.3, -0.25) is 0 Å². The minimum absolute atomic E-state index is 0.0735. The number of aliphatic hydroxyl groups is 2. The van der Waals surface area contributed by atoms with Crippen LogP contribution in [0, 0.1) is 46.3 Å². The van der Waals surface area contributed by atoms with E-state index in [2.05, 4.69) is 34.6 Å². The van der Waals surface area contributed by atoms with Gasteiger partial charge in [0.25, 0.3) is 0 Å². The molecule has 0 bridgehead atoms. The lowest BCUT2D eigenvalue weighted by Gasteiger charge is -2.64. The van der Waals surface area contributed by atoms with Crippen molar-refractivity contribution in [2.75, 3.05) is 0 Å². The Kier molecular flexibility index (Phi) is 5.95. The third-order valence-corrected chi connectivity index (χ3v) is 11.0. The van der Waals surface area contributed by atoms with Gasteiger partial charge in [-0.2, -0.15) is 0 Å². The molecule has 4 fully saturated rings. The summed E-state index contributed by atoms with van der Waals surface area (Å²) in [6.07, 6.45) is 14.1. The van der Waals surface area contributed by atoms with Crippen molar-refractivity contribution in [1.82, 2.24) is 0 Å². The Morgan fingerprint density at radius 3 is 2.34 bits per heavy atom. The van der Waals surface area contributed by atoms with Gasteiger partial charge in [-0.15, -0.1) is 0 Å². The number of aliphatic hydroxyl groups excluding tert-OH is 1. The van der Waals surface area contributed by atoms with Crippen molar-refractivity contribution in [3.05, 3.63) is 0 Å². The van der Waals surface area contributed by atoms with E-state index in [-0.39, 0.29) is 5.41 Å². The standard InChI is InChI=1S/C27H48O2/c1-18(2)8-6-9-19(3)21-11-12-22-20-13-17-27(29)24(28)10-7-15-26(27,5)23(20)14-16-25(21,22)4/h18-24,28-29H,6-17H2,1-5H3/t19-,20+,21-,22+,23+,24?,25-,26-,27?/m1/s1. The first kappa shape index (κ1) is 22.1. The Morgan fingerprint density at radius 1 is 0.862 bits per heavy atom. The molecule has 2 unspecified atom stereocenters. The van der Waals surface area contributed by atoms with Crippen LogP contribution in [0.3, 0.4) is 0 Å². The van der Waals surface area contributed by atoms with E-state index in [4.69, 9.17) is 0 Å². The quantitative estimate of drug-likeness (QED) is 0.543. The van der Waals surface area contributed by atoms with E-state index in [1.165, 1.54) is 44.9 Å². The molecule has 4 aliphatic rings. The molecule has 0 aromatic carbocycles. The molecule has 0 aromatic heterocycles. The molecular formula is C27H48O2. The van der Waals surface area contributed by atoms with Gasteiger partial charge in [0, 0.05) is 5.41 Å². The van der Waals surface area contributed by atoms with Gasteiger partial charge in [0.15, 0.2) is 0 Å². The molecule has 0 saturated heterocycles. The molecule has 4 saturated carbocycles. The summed E-state index contributed by atoms with van der Waals surface area (Å²) < 4.78 is 0. The first-order valence-electron chi connectivity index (χ1n) is 13.0. The molecule has 2 heteroatoms. The van der Waals surface area contributed by atoms with Crippen LogP contribution in [0.1, 0.15) is 112 Å². The SMILES string of the molecule is CC(C)CCC[C@@H](C)[C@H]1CC[C@H]2[C@@H]3CCC4(O)C(O)CCC[C@]4(C)[C@H]3CC[C@]12C. The fourth-order valence-corrected chi connectivity index (χ4v) is 9.35. The molecule has 0 radical (unpaired) electrons. The number of fused-ring (bicyclic) bond motifs is 5. The predicted octanol–water partition coefficient (Wildman–Crippen LogP) is 6.58. The summed E-state index contributed by atoms with van der Waals surface area (Å²) in [5, 5.41) is 22.3. The summed E-state index contributed by atoms with van der Waals surface area (Å²) in [6.45, 7) is 12.2. The van der Waals surface area contributed by atoms with Crippen molar-refractivity contribution >= 4 is 0 Å². The van der Waals surface area contributed by atoms with Crippen LogP contribution in [0.5, 0.6) is 0 Å². The van der Waals surface area contributed by atoms with Crippen LogP contribution in [0.4, 0.5) is 0 Å². The van der Waals surface area contributed by atoms with Crippen molar-refractivity contribution in [3.63, 3.8) is 0 Å². The average Bonchev–Trinajstić information content (AvgIpc) is 3.01. The smallest absolute Gasteiger partial charge is 0.0961 e. The Bertz CT molecular complexity index is 587. The third-order valence-electron chi connectivity index (χ3n) is 11.0. The second-order valence-electron chi connectivity index (χ2n) is 12.7. The second-order valence-corrected chi connectivity index (χ2v) is 12.7. The lowest BCUT2D eigenvalue weighted by Crippen LogP contribution is -2.66. The fourth-order valence-electron chi connectivity index (χ4n) is 9.35. The topological polar surface area (TPSA) is 40.5 Å². The molecule has 0 amide bonds. The molecule has 0 aromatic rings. The minimum atomic E-state index is -0.831. The molecular weight excluding hydrogens is 356 g/mol. The maximum atomic E-state index is 11.6. The predicted molar refractivity (Wildman–Crippen MR) is 121 cm³/mol. The van der Waals surface area contributed by atoms with Gasteiger partial charge >= 0.3 is 0 Å². The Morgan fingerprint density at radius 2 is 1.62 bits per heavy atom. The summed E-state index contributed by atoms with van der Waals surface area (Å²) in [6, 6.07) is 0. The highest BCUT2D eigenvalue weighted by Crippen LogP contribution is 2.69. The van der Waals surface area contributed by atoms with Gasteiger partial charge in [-0.25, -0.2) is 0 Å². The van der Waals surface area contributed by atoms with Crippen LogP contribution >= 0.6 is 0 Å². The highest BCUT2D eigenvalue weighted by Gasteiger charge is 2.65. The zero-order valence-corrected chi connectivity index (χ0v) is 19.9. The third kappa shape index (κ3) is 3.34. The van der Waals surface area contributed by atoms with Crippen LogP contribution < -0.4 is 0 Å². The van der Waals surface area contributed by atoms with E-state index >= 15 is 0 Å². The fraction of sp³-hybridized carbons (Fsp3) is 1.00. The molecule has 2 nitrogen and oxygen atoms in total. The molecule has 0 spiro atoms. The summed E-state index contributed by atoms with van der Waals surface area (Å²) >= 11 is 0. The average molecular weight is 405 g/mol. The molecule has 168 valence electrons. The first-order chi connectivity index (χ1) is 13.6. The van der Waals surface area contributed by atoms with Gasteiger partial charge in [0.1, 0.15) is 0 Å². The summed E-state index contributed by atoms with van der Waals surface area (Å²) in [4.78, 5) is 0. The Labute approximate surface area is 180 Å². The number of hydrogen-bond acceptors (Lipinski definition) is 2. The summed E-state index contributed by atoms with van der Waals surface area (Å²) in [5.41, 5.74) is -0.393.